The van der Waals surface area contributed by atoms with Crippen LogP contribution in [0.1, 0.15) is 26.5 Å². The summed E-state index contributed by atoms with van der Waals surface area (Å²) in [5.41, 5.74) is 2.60. The minimum absolute atomic E-state index is 0.236. The van der Waals surface area contributed by atoms with E-state index in [0.29, 0.717) is 49.1 Å². The monoisotopic (exact) mass is 491 g/mol. The summed E-state index contributed by atoms with van der Waals surface area (Å²) >= 11 is 0. The molecule has 0 radical (unpaired) electrons. The van der Waals surface area contributed by atoms with Crippen LogP contribution in [-0.4, -0.2) is 73.9 Å². The van der Waals surface area contributed by atoms with Gasteiger partial charge in [0.2, 0.25) is 0 Å². The molecule has 4 heterocycles. The van der Waals surface area contributed by atoms with Gasteiger partial charge in [-0.1, -0.05) is 0 Å². The summed E-state index contributed by atoms with van der Waals surface area (Å²) < 4.78 is 13.1. The van der Waals surface area contributed by atoms with Gasteiger partial charge < -0.3 is 25.0 Å². The van der Waals surface area contributed by atoms with E-state index in [1.807, 2.05) is 46.2 Å². The fraction of sp³-hybridized carbons (Fsp3) is 0.417. The standard InChI is InChI=1S/C24H29N9O3/c1-24(2,3)36-23(34)33-7-8-35-19(15-33)13-27-20-9-21(29-18-6-5-17(10-25)26-12-18)30-31-22(20)16-11-28-32(4)14-16/h5-6,9,11-12,14,19H,7-8,13,15H2,1-4H3,(H2,27,29,30). The first kappa shape index (κ1) is 24.9. The number of nitrogens with zero attached hydrogens (tertiary/aromatic N) is 7. The molecule has 1 aliphatic heterocycles. The summed E-state index contributed by atoms with van der Waals surface area (Å²) in [7, 11) is 1.83. The molecule has 0 spiro atoms. The molecule has 36 heavy (non-hydrogen) atoms. The van der Waals surface area contributed by atoms with Crippen LogP contribution in [0.5, 0.6) is 0 Å². The normalized spacial score (nSPS) is 15.8. The Hall–Kier alpha value is -4.24. The molecule has 0 aromatic carbocycles. The number of morpholine rings is 1. The third-order valence-corrected chi connectivity index (χ3v) is 5.23. The average molecular weight is 492 g/mol. The Labute approximate surface area is 209 Å². The summed E-state index contributed by atoms with van der Waals surface area (Å²) in [6.07, 6.45) is 4.55. The van der Waals surface area contributed by atoms with Crippen LogP contribution in [0, 0.1) is 11.3 Å². The van der Waals surface area contributed by atoms with Crippen molar-refractivity contribution in [1.82, 2.24) is 29.9 Å². The van der Waals surface area contributed by atoms with Gasteiger partial charge in [0.05, 0.1) is 43.0 Å². The van der Waals surface area contributed by atoms with Crippen molar-refractivity contribution in [2.75, 3.05) is 36.9 Å². The highest BCUT2D eigenvalue weighted by molar-refractivity contribution is 5.76. The van der Waals surface area contributed by atoms with E-state index < -0.39 is 5.60 Å². The van der Waals surface area contributed by atoms with Crippen LogP contribution in [0.3, 0.4) is 0 Å². The Morgan fingerprint density at radius 2 is 2.14 bits per heavy atom. The van der Waals surface area contributed by atoms with Crippen molar-refractivity contribution in [3.63, 3.8) is 0 Å². The third-order valence-electron chi connectivity index (χ3n) is 5.23. The molecule has 0 aliphatic carbocycles. The molecule has 1 fully saturated rings. The van der Waals surface area contributed by atoms with Crippen molar-refractivity contribution in [3.8, 4) is 17.3 Å². The fourth-order valence-electron chi connectivity index (χ4n) is 3.59. The minimum Gasteiger partial charge on any atom is -0.444 e. The first-order valence-corrected chi connectivity index (χ1v) is 11.5. The molecular formula is C24H29N9O3. The second-order valence-electron chi connectivity index (χ2n) is 9.36. The van der Waals surface area contributed by atoms with Crippen molar-refractivity contribution in [2.24, 2.45) is 7.05 Å². The predicted molar refractivity (Wildman–Crippen MR) is 133 cm³/mol. The number of aryl methyl sites for hydroxylation is 1. The second kappa shape index (κ2) is 10.6. The van der Waals surface area contributed by atoms with Gasteiger partial charge in [0.15, 0.2) is 5.82 Å². The highest BCUT2D eigenvalue weighted by Crippen LogP contribution is 2.28. The molecular weight excluding hydrogens is 462 g/mol. The Morgan fingerprint density at radius 3 is 2.81 bits per heavy atom. The van der Waals surface area contributed by atoms with Gasteiger partial charge >= 0.3 is 6.09 Å². The molecule has 3 aromatic heterocycles. The van der Waals surface area contributed by atoms with Crippen LogP contribution in [-0.2, 0) is 16.5 Å². The quantitative estimate of drug-likeness (QED) is 0.528. The van der Waals surface area contributed by atoms with Gasteiger partial charge in [-0.25, -0.2) is 9.78 Å². The Balaban J connectivity index is 1.49. The van der Waals surface area contributed by atoms with E-state index in [4.69, 9.17) is 14.7 Å². The maximum atomic E-state index is 12.5. The Kier molecular flexibility index (Phi) is 7.30. The third kappa shape index (κ3) is 6.45. The number of ether oxygens (including phenoxy) is 2. The van der Waals surface area contributed by atoms with Crippen LogP contribution in [0.25, 0.3) is 11.3 Å². The molecule has 1 saturated heterocycles. The zero-order valence-corrected chi connectivity index (χ0v) is 20.7. The zero-order valence-electron chi connectivity index (χ0n) is 20.7. The van der Waals surface area contributed by atoms with Crippen molar-refractivity contribution >= 4 is 23.3 Å². The smallest absolute Gasteiger partial charge is 0.410 e. The van der Waals surface area contributed by atoms with Crippen LogP contribution < -0.4 is 10.6 Å². The largest absolute Gasteiger partial charge is 0.444 e. The van der Waals surface area contributed by atoms with Gasteiger partial charge in [0, 0.05) is 38.0 Å². The Morgan fingerprint density at radius 1 is 1.31 bits per heavy atom. The predicted octanol–water partition coefficient (Wildman–Crippen LogP) is 2.94. The van der Waals surface area contributed by atoms with Crippen LogP contribution in [0.4, 0.5) is 22.0 Å². The molecule has 1 unspecified atom stereocenters. The molecule has 2 N–H and O–H groups in total. The van der Waals surface area contributed by atoms with Gasteiger partial charge in [-0.05, 0) is 32.9 Å². The van der Waals surface area contributed by atoms with E-state index in [1.54, 1.807) is 34.1 Å². The number of aromatic nitrogens is 5. The second-order valence-corrected chi connectivity index (χ2v) is 9.36. The van der Waals surface area contributed by atoms with E-state index in [1.165, 1.54) is 0 Å². The van der Waals surface area contributed by atoms with Gasteiger partial charge in [-0.15, -0.1) is 10.2 Å². The lowest BCUT2D eigenvalue weighted by Gasteiger charge is -2.34. The fourth-order valence-corrected chi connectivity index (χ4v) is 3.59. The summed E-state index contributed by atoms with van der Waals surface area (Å²) in [5.74, 6) is 0.497. The van der Waals surface area contributed by atoms with Crippen molar-refractivity contribution in [2.45, 2.75) is 32.5 Å². The molecule has 1 amide bonds. The maximum absolute atomic E-state index is 12.5. The summed E-state index contributed by atoms with van der Waals surface area (Å²) in [6, 6.07) is 7.20. The van der Waals surface area contributed by atoms with E-state index >= 15 is 0 Å². The number of rotatable bonds is 6. The molecule has 1 atom stereocenters. The molecule has 3 aromatic rings. The maximum Gasteiger partial charge on any atom is 0.410 e. The minimum atomic E-state index is -0.557. The van der Waals surface area contributed by atoms with E-state index in [9.17, 15) is 4.79 Å². The molecule has 188 valence electrons. The zero-order chi connectivity index (χ0) is 25.7. The van der Waals surface area contributed by atoms with Crippen LogP contribution in [0.2, 0.25) is 0 Å². The SMILES string of the molecule is Cn1cc(-c2nnc(Nc3ccc(C#N)nc3)cc2NCC2CN(C(=O)OC(C)(C)C)CCO2)cn1. The van der Waals surface area contributed by atoms with Gasteiger partial charge in [-0.3, -0.25) is 4.68 Å². The van der Waals surface area contributed by atoms with Gasteiger partial charge in [0.25, 0.3) is 0 Å². The van der Waals surface area contributed by atoms with Gasteiger partial charge in [-0.2, -0.15) is 10.4 Å². The number of amides is 1. The van der Waals surface area contributed by atoms with Gasteiger partial charge in [0.1, 0.15) is 23.1 Å². The molecule has 0 saturated carbocycles. The lowest BCUT2D eigenvalue weighted by Crippen LogP contribution is -2.49. The number of nitrogens with one attached hydrogen (secondary N) is 2. The average Bonchev–Trinajstić information content (AvgIpc) is 3.28. The molecule has 0 bridgehead atoms. The molecule has 12 heteroatoms. The molecule has 12 nitrogen and oxygen atoms in total. The number of carbonyl (C=O) groups excluding carboxylic acids is 1. The molecule has 4 rings (SSSR count). The highest BCUT2D eigenvalue weighted by Gasteiger charge is 2.28. The lowest BCUT2D eigenvalue weighted by molar-refractivity contribution is -0.0371. The van der Waals surface area contributed by atoms with Crippen molar-refractivity contribution in [1.29, 1.82) is 5.26 Å². The van der Waals surface area contributed by atoms with Crippen molar-refractivity contribution in [3.05, 3.63) is 42.5 Å². The highest BCUT2D eigenvalue weighted by atomic mass is 16.6. The molecule has 1 aliphatic rings. The summed E-state index contributed by atoms with van der Waals surface area (Å²) in [4.78, 5) is 18.2. The first-order chi connectivity index (χ1) is 17.2. The van der Waals surface area contributed by atoms with Crippen LogP contribution in [0.15, 0.2) is 36.8 Å². The first-order valence-electron chi connectivity index (χ1n) is 11.5. The van der Waals surface area contributed by atoms with E-state index in [0.717, 1.165) is 11.3 Å². The number of pyridine rings is 1. The van der Waals surface area contributed by atoms with E-state index in [-0.39, 0.29) is 12.2 Å². The Bertz CT molecular complexity index is 1240. The number of hydrogen-bond acceptors (Lipinski definition) is 10. The number of carbonyl (C=O) groups is 1. The van der Waals surface area contributed by atoms with Crippen LogP contribution >= 0.6 is 0 Å². The number of anilines is 3. The summed E-state index contributed by atoms with van der Waals surface area (Å²) in [6.45, 7) is 7.30. The topological polar surface area (TPSA) is 143 Å². The lowest BCUT2D eigenvalue weighted by atomic mass is 10.2. The van der Waals surface area contributed by atoms with E-state index in [2.05, 4.69) is 30.9 Å². The van der Waals surface area contributed by atoms with Crippen molar-refractivity contribution < 1.29 is 14.3 Å². The number of nitriles is 1. The number of hydrogen-bond donors (Lipinski definition) is 2. The summed E-state index contributed by atoms with van der Waals surface area (Å²) in [5, 5.41) is 28.4.